The molecule has 6 nitrogen and oxygen atoms in total. The number of halogens is 1. The van der Waals surface area contributed by atoms with Crippen LogP contribution >= 0.6 is 0 Å². The van der Waals surface area contributed by atoms with E-state index >= 15 is 0 Å². The van der Waals surface area contributed by atoms with E-state index in [0.717, 1.165) is 6.07 Å². The highest BCUT2D eigenvalue weighted by Crippen LogP contribution is 2.69. The van der Waals surface area contributed by atoms with Crippen molar-refractivity contribution in [3.05, 3.63) is 71.5 Å². The lowest BCUT2D eigenvalue weighted by atomic mass is 9.52. The average Bonchev–Trinajstić information content (AvgIpc) is 2.91. The van der Waals surface area contributed by atoms with E-state index in [9.17, 15) is 20.2 Å². The van der Waals surface area contributed by atoms with Crippen LogP contribution in [0.15, 0.2) is 54.6 Å². The molecule has 29 heavy (non-hydrogen) atoms. The average molecular weight is 386 g/mol. The Balaban J connectivity index is 2.05. The lowest BCUT2D eigenvalue weighted by Crippen LogP contribution is -2.57. The molecular formula is C22H15FN4O2. The summed E-state index contributed by atoms with van der Waals surface area (Å²) in [6.45, 7) is 1.57. The molecule has 0 unspecified atom stereocenters. The van der Waals surface area contributed by atoms with Crippen LogP contribution in [0, 0.1) is 56.0 Å². The van der Waals surface area contributed by atoms with Crippen molar-refractivity contribution in [1.29, 1.82) is 21.2 Å². The van der Waals surface area contributed by atoms with Gasteiger partial charge >= 0.3 is 0 Å². The summed E-state index contributed by atoms with van der Waals surface area (Å²) in [5, 5.41) is 39.1. The Morgan fingerprint density at radius 3 is 2.21 bits per heavy atom. The zero-order valence-electron chi connectivity index (χ0n) is 15.4. The van der Waals surface area contributed by atoms with E-state index in [-0.39, 0.29) is 5.56 Å². The quantitative estimate of drug-likeness (QED) is 0.839. The molecule has 0 amide bonds. The van der Waals surface area contributed by atoms with Gasteiger partial charge in [-0.15, -0.1) is 0 Å². The number of hydrogen-bond acceptors (Lipinski definition) is 6. The minimum atomic E-state index is -2.14. The summed E-state index contributed by atoms with van der Waals surface area (Å²) in [5.74, 6) is -3.47. The molecule has 2 aromatic rings. The van der Waals surface area contributed by atoms with Gasteiger partial charge in [0, 0.05) is 6.92 Å². The minimum absolute atomic E-state index is 0.226. The fourth-order valence-corrected chi connectivity index (χ4v) is 4.60. The van der Waals surface area contributed by atoms with Gasteiger partial charge in [0.25, 0.3) is 0 Å². The van der Waals surface area contributed by atoms with Gasteiger partial charge < -0.3 is 9.47 Å². The summed E-state index contributed by atoms with van der Waals surface area (Å²) in [6, 6.07) is 20.1. The number of nitriles is 3. The number of nitrogens with zero attached hydrogens (tertiary/aromatic N) is 3. The molecule has 2 saturated heterocycles. The van der Waals surface area contributed by atoms with Gasteiger partial charge in [0.15, 0.2) is 5.41 Å². The summed E-state index contributed by atoms with van der Waals surface area (Å²) in [7, 11) is 0. The van der Waals surface area contributed by atoms with E-state index in [1.54, 1.807) is 37.3 Å². The fraction of sp³-hybridized carbons (Fsp3) is 0.273. The Bertz CT molecular complexity index is 1120. The van der Waals surface area contributed by atoms with E-state index in [1.165, 1.54) is 18.2 Å². The number of rotatable bonds is 2. The van der Waals surface area contributed by atoms with Crippen LogP contribution in [0.25, 0.3) is 0 Å². The summed E-state index contributed by atoms with van der Waals surface area (Å²) in [6.07, 6.45) is -1.29. The van der Waals surface area contributed by atoms with Gasteiger partial charge in [0.05, 0.1) is 24.1 Å². The zero-order chi connectivity index (χ0) is 20.9. The predicted octanol–water partition coefficient (Wildman–Crippen LogP) is 3.95. The molecule has 2 bridgehead atoms. The van der Waals surface area contributed by atoms with Crippen LogP contribution in [-0.4, -0.2) is 11.7 Å². The maximum Gasteiger partial charge on any atom is 0.218 e. The predicted molar refractivity (Wildman–Crippen MR) is 98.3 cm³/mol. The maximum absolute atomic E-state index is 13.9. The van der Waals surface area contributed by atoms with Gasteiger partial charge in [0.2, 0.25) is 17.1 Å². The molecule has 2 aliphatic rings. The molecular weight excluding hydrogens is 371 g/mol. The third-order valence-corrected chi connectivity index (χ3v) is 5.80. The van der Waals surface area contributed by atoms with Gasteiger partial charge in [-0.3, -0.25) is 5.41 Å². The van der Waals surface area contributed by atoms with Crippen LogP contribution in [0.3, 0.4) is 0 Å². The number of hydrogen-bond donors (Lipinski definition) is 1. The van der Waals surface area contributed by atoms with Crippen molar-refractivity contribution in [2.75, 3.05) is 0 Å². The molecule has 7 heteroatoms. The van der Waals surface area contributed by atoms with Crippen LogP contribution in [0.5, 0.6) is 0 Å². The molecule has 2 aromatic carbocycles. The molecule has 0 radical (unpaired) electrons. The second-order valence-corrected chi connectivity index (χ2v) is 7.30. The highest BCUT2D eigenvalue weighted by Gasteiger charge is 2.79. The van der Waals surface area contributed by atoms with Crippen molar-refractivity contribution < 1.29 is 13.9 Å². The largest absolute Gasteiger partial charge is 0.447 e. The normalized spacial score (nSPS) is 31.8. The molecule has 4 atom stereocenters. The third kappa shape index (κ3) is 2.18. The fourth-order valence-electron chi connectivity index (χ4n) is 4.60. The van der Waals surface area contributed by atoms with Crippen molar-refractivity contribution >= 4 is 5.90 Å². The first kappa shape index (κ1) is 18.6. The highest BCUT2D eigenvalue weighted by molar-refractivity contribution is 5.90. The molecule has 0 spiro atoms. The molecule has 2 aliphatic heterocycles. The Kier molecular flexibility index (Phi) is 3.94. The van der Waals surface area contributed by atoms with Crippen LogP contribution in [0.2, 0.25) is 0 Å². The summed E-state index contributed by atoms with van der Waals surface area (Å²) in [5.41, 5.74) is -3.25. The molecule has 2 heterocycles. The third-order valence-electron chi connectivity index (χ3n) is 5.80. The van der Waals surface area contributed by atoms with Gasteiger partial charge in [-0.1, -0.05) is 42.5 Å². The van der Waals surface area contributed by atoms with Gasteiger partial charge in [-0.05, 0) is 23.3 Å². The van der Waals surface area contributed by atoms with Crippen molar-refractivity contribution in [3.8, 4) is 18.2 Å². The number of fused-ring (bicyclic) bond motifs is 2. The van der Waals surface area contributed by atoms with E-state index in [4.69, 9.17) is 14.9 Å². The van der Waals surface area contributed by atoms with E-state index < -0.39 is 40.4 Å². The van der Waals surface area contributed by atoms with E-state index in [0.29, 0.717) is 5.56 Å². The number of ether oxygens (including phenoxy) is 2. The summed E-state index contributed by atoms with van der Waals surface area (Å²) < 4.78 is 25.8. The Morgan fingerprint density at radius 1 is 0.966 bits per heavy atom. The molecule has 1 N–H and O–H groups in total. The lowest BCUT2D eigenvalue weighted by molar-refractivity contribution is -0.253. The van der Waals surface area contributed by atoms with Crippen molar-refractivity contribution in [2.24, 2.45) is 10.8 Å². The number of nitrogens with one attached hydrogen (secondary N) is 1. The lowest BCUT2D eigenvalue weighted by Gasteiger charge is -2.48. The molecule has 4 rings (SSSR count). The maximum atomic E-state index is 13.9. The number of benzene rings is 2. The SMILES string of the molecule is C[C@@]12OC(=N)[C@](C#N)([C@H]1c1ccccc1)C(C#N)(C#N)[C@@H](c1cccc(F)c1)O2. The Labute approximate surface area is 166 Å². The van der Waals surface area contributed by atoms with E-state index in [1.807, 2.05) is 12.1 Å². The standard InChI is InChI=1S/C22H15FN4O2/c1-20-17(14-6-3-2-4-7-14)22(13-26,19(27)29-20)21(11-24,12-25)18(28-20)15-8-5-9-16(23)10-15/h2-10,17-18,27H,1H3/t17-,18+,20+,22-/m0/s1. The Morgan fingerprint density at radius 2 is 1.62 bits per heavy atom. The van der Waals surface area contributed by atoms with Crippen LogP contribution in [0.4, 0.5) is 4.39 Å². The topological polar surface area (TPSA) is 114 Å². The van der Waals surface area contributed by atoms with Gasteiger partial charge in [-0.25, -0.2) is 4.39 Å². The van der Waals surface area contributed by atoms with Gasteiger partial charge in [0.1, 0.15) is 11.9 Å². The summed E-state index contributed by atoms with van der Waals surface area (Å²) >= 11 is 0. The van der Waals surface area contributed by atoms with Gasteiger partial charge in [-0.2, -0.15) is 15.8 Å². The monoisotopic (exact) mass is 386 g/mol. The Hall–Kier alpha value is -3.73. The molecule has 0 aromatic heterocycles. The molecule has 142 valence electrons. The van der Waals surface area contributed by atoms with Crippen molar-refractivity contribution in [3.63, 3.8) is 0 Å². The van der Waals surface area contributed by atoms with Crippen LogP contribution in [-0.2, 0) is 9.47 Å². The van der Waals surface area contributed by atoms with Crippen LogP contribution < -0.4 is 0 Å². The van der Waals surface area contributed by atoms with Crippen molar-refractivity contribution in [1.82, 2.24) is 0 Å². The first-order chi connectivity index (χ1) is 13.9. The first-order valence-corrected chi connectivity index (χ1v) is 8.88. The molecule has 0 saturated carbocycles. The smallest absolute Gasteiger partial charge is 0.218 e. The summed E-state index contributed by atoms with van der Waals surface area (Å²) in [4.78, 5) is 0. The molecule has 2 fully saturated rings. The molecule has 0 aliphatic carbocycles. The van der Waals surface area contributed by atoms with Crippen LogP contribution in [0.1, 0.15) is 30.1 Å². The second-order valence-electron chi connectivity index (χ2n) is 7.30. The highest BCUT2D eigenvalue weighted by atomic mass is 19.1. The van der Waals surface area contributed by atoms with E-state index in [2.05, 4.69) is 6.07 Å². The minimum Gasteiger partial charge on any atom is -0.447 e. The first-order valence-electron chi connectivity index (χ1n) is 8.88. The zero-order valence-corrected chi connectivity index (χ0v) is 15.4. The second kappa shape index (κ2) is 6.14. The van der Waals surface area contributed by atoms with Crippen molar-refractivity contribution in [2.45, 2.75) is 24.7 Å².